The molecule has 0 unspecified atom stereocenters. The Morgan fingerprint density at radius 1 is 1.10 bits per heavy atom. The summed E-state index contributed by atoms with van der Waals surface area (Å²) in [6.45, 7) is 0.600. The van der Waals surface area contributed by atoms with E-state index in [-0.39, 0.29) is 12.1 Å². The quantitative estimate of drug-likeness (QED) is 0.791. The smallest absolute Gasteiger partial charge is 0.407 e. The van der Waals surface area contributed by atoms with Gasteiger partial charge < -0.3 is 15.1 Å². The first kappa shape index (κ1) is 15.8. The summed E-state index contributed by atoms with van der Waals surface area (Å²) < 4.78 is 0. The first-order valence-corrected chi connectivity index (χ1v) is 7.88. The van der Waals surface area contributed by atoms with E-state index in [1.165, 1.54) is 5.56 Å². The highest BCUT2D eigenvalue weighted by Crippen LogP contribution is 2.23. The summed E-state index contributed by atoms with van der Waals surface area (Å²) in [5.74, 6) is 0. The van der Waals surface area contributed by atoms with Gasteiger partial charge in [-0.25, -0.2) is 4.79 Å². The number of carboxylic acid groups (broad SMARTS) is 1. The van der Waals surface area contributed by atoms with Crippen molar-refractivity contribution in [2.24, 2.45) is 0 Å². The van der Waals surface area contributed by atoms with Crippen molar-refractivity contribution in [1.29, 1.82) is 0 Å². The molecule has 0 spiro atoms. The largest absolute Gasteiger partial charge is 0.465 e. The number of amides is 1. The van der Waals surface area contributed by atoms with Crippen molar-refractivity contribution in [3.8, 4) is 0 Å². The summed E-state index contributed by atoms with van der Waals surface area (Å²) in [5.41, 5.74) is 1.31. The predicted octanol–water partition coefficient (Wildman–Crippen LogP) is 3.29. The van der Waals surface area contributed by atoms with Crippen LogP contribution in [0.4, 0.5) is 4.79 Å². The number of carbonyl (C=O) groups is 1. The highest BCUT2D eigenvalue weighted by Gasteiger charge is 2.27. The molecule has 0 heterocycles. The fourth-order valence-electron chi connectivity index (χ4n) is 3.06. The van der Waals surface area contributed by atoms with E-state index in [2.05, 4.69) is 12.1 Å². The molecule has 21 heavy (non-hydrogen) atoms. The van der Waals surface area contributed by atoms with E-state index in [0.29, 0.717) is 6.54 Å². The summed E-state index contributed by atoms with van der Waals surface area (Å²) in [6, 6.07) is 10.4. The number of aliphatic hydroxyl groups excluding tert-OH is 1. The fraction of sp³-hybridized carbons (Fsp3) is 0.588. The zero-order valence-electron chi connectivity index (χ0n) is 12.4. The molecule has 1 aromatic carbocycles. The molecule has 0 atom stereocenters. The molecule has 116 valence electrons. The number of nitrogens with zero attached hydrogens (tertiary/aromatic N) is 1. The number of unbranched alkanes of at least 4 members (excludes halogenated alkanes) is 1. The van der Waals surface area contributed by atoms with Crippen LogP contribution in [0, 0.1) is 0 Å². The van der Waals surface area contributed by atoms with Gasteiger partial charge in [-0.05, 0) is 50.5 Å². The van der Waals surface area contributed by atoms with Crippen LogP contribution in [0.3, 0.4) is 0 Å². The minimum absolute atomic E-state index is 0.0858. The molecule has 2 N–H and O–H groups in total. The Morgan fingerprint density at radius 2 is 1.76 bits per heavy atom. The Kier molecular flexibility index (Phi) is 6.05. The van der Waals surface area contributed by atoms with Gasteiger partial charge in [-0.15, -0.1) is 0 Å². The van der Waals surface area contributed by atoms with Gasteiger partial charge in [-0.3, -0.25) is 0 Å². The molecule has 2 rings (SSSR count). The molecule has 1 amide bonds. The number of hydrogen-bond acceptors (Lipinski definition) is 2. The van der Waals surface area contributed by atoms with Crippen LogP contribution in [0.1, 0.15) is 44.1 Å². The lowest BCUT2D eigenvalue weighted by Crippen LogP contribution is -2.42. The summed E-state index contributed by atoms with van der Waals surface area (Å²) in [7, 11) is 0. The molecule has 1 aliphatic rings. The standard InChI is InChI=1S/C17H25NO3/c19-16-11-9-15(10-12-16)18(17(20)21)13-5-4-8-14-6-2-1-3-7-14/h1-3,6-7,15-16,19H,4-5,8-13H2,(H,20,21)/t15-,16-. The molecule has 0 saturated heterocycles. The monoisotopic (exact) mass is 291 g/mol. The Bertz CT molecular complexity index is 427. The van der Waals surface area contributed by atoms with Crippen molar-refractivity contribution >= 4 is 6.09 Å². The normalized spacial score (nSPS) is 22.0. The zero-order chi connectivity index (χ0) is 15.1. The van der Waals surface area contributed by atoms with Gasteiger partial charge in [0.05, 0.1) is 6.10 Å². The molecule has 1 fully saturated rings. The molecular weight excluding hydrogens is 266 g/mol. The minimum atomic E-state index is -0.823. The van der Waals surface area contributed by atoms with Gasteiger partial charge in [0.15, 0.2) is 0 Å². The van der Waals surface area contributed by atoms with E-state index < -0.39 is 6.09 Å². The van der Waals surface area contributed by atoms with E-state index in [4.69, 9.17) is 0 Å². The predicted molar refractivity (Wildman–Crippen MR) is 82.4 cm³/mol. The molecule has 0 aromatic heterocycles. The van der Waals surface area contributed by atoms with Crippen molar-refractivity contribution < 1.29 is 15.0 Å². The first-order valence-electron chi connectivity index (χ1n) is 7.88. The number of aliphatic hydroxyl groups is 1. The lowest BCUT2D eigenvalue weighted by Gasteiger charge is -2.33. The van der Waals surface area contributed by atoms with Crippen LogP contribution in [0.5, 0.6) is 0 Å². The first-order chi connectivity index (χ1) is 10.2. The highest BCUT2D eigenvalue weighted by atomic mass is 16.4. The van der Waals surface area contributed by atoms with Gasteiger partial charge in [-0.1, -0.05) is 30.3 Å². The van der Waals surface area contributed by atoms with Crippen LogP contribution in [-0.4, -0.2) is 39.9 Å². The number of aryl methyl sites for hydroxylation is 1. The average Bonchev–Trinajstić information content (AvgIpc) is 2.49. The van der Waals surface area contributed by atoms with Crippen molar-refractivity contribution in [2.75, 3.05) is 6.54 Å². The van der Waals surface area contributed by atoms with Crippen LogP contribution in [0.25, 0.3) is 0 Å². The maximum Gasteiger partial charge on any atom is 0.407 e. The van der Waals surface area contributed by atoms with Crippen molar-refractivity contribution in [2.45, 2.75) is 57.1 Å². The van der Waals surface area contributed by atoms with Gasteiger partial charge in [-0.2, -0.15) is 0 Å². The second kappa shape index (κ2) is 8.03. The van der Waals surface area contributed by atoms with E-state index in [9.17, 15) is 15.0 Å². The van der Waals surface area contributed by atoms with Crippen LogP contribution in [0.2, 0.25) is 0 Å². The fourth-order valence-corrected chi connectivity index (χ4v) is 3.06. The molecule has 0 bridgehead atoms. The van der Waals surface area contributed by atoms with Crippen LogP contribution < -0.4 is 0 Å². The third-order valence-electron chi connectivity index (χ3n) is 4.31. The molecule has 1 aliphatic carbocycles. The molecule has 0 radical (unpaired) electrons. The maximum absolute atomic E-state index is 11.4. The van der Waals surface area contributed by atoms with E-state index >= 15 is 0 Å². The minimum Gasteiger partial charge on any atom is -0.465 e. The van der Waals surface area contributed by atoms with Gasteiger partial charge in [0.2, 0.25) is 0 Å². The molecule has 1 aromatic rings. The average molecular weight is 291 g/mol. The van der Waals surface area contributed by atoms with Crippen LogP contribution in [-0.2, 0) is 6.42 Å². The van der Waals surface area contributed by atoms with Crippen LogP contribution in [0.15, 0.2) is 30.3 Å². The topological polar surface area (TPSA) is 60.8 Å². The van der Waals surface area contributed by atoms with Crippen molar-refractivity contribution in [1.82, 2.24) is 4.90 Å². The second-order valence-electron chi connectivity index (χ2n) is 5.88. The Hall–Kier alpha value is -1.55. The summed E-state index contributed by atoms with van der Waals surface area (Å²) >= 11 is 0. The summed E-state index contributed by atoms with van der Waals surface area (Å²) in [6.07, 6.45) is 4.84. The number of hydrogen-bond donors (Lipinski definition) is 2. The SMILES string of the molecule is O=C(O)N(CCCCc1ccccc1)[C@H]1CC[C@H](O)CC1. The van der Waals surface area contributed by atoms with Gasteiger partial charge in [0.1, 0.15) is 0 Å². The Morgan fingerprint density at radius 3 is 2.38 bits per heavy atom. The summed E-state index contributed by atoms with van der Waals surface area (Å²) in [5, 5.41) is 18.9. The lowest BCUT2D eigenvalue weighted by atomic mass is 9.92. The van der Waals surface area contributed by atoms with Crippen molar-refractivity contribution in [3.63, 3.8) is 0 Å². The zero-order valence-corrected chi connectivity index (χ0v) is 12.4. The van der Waals surface area contributed by atoms with Gasteiger partial charge >= 0.3 is 6.09 Å². The number of benzene rings is 1. The maximum atomic E-state index is 11.4. The molecule has 4 nitrogen and oxygen atoms in total. The molecule has 1 saturated carbocycles. The van der Waals surface area contributed by atoms with E-state index in [1.807, 2.05) is 18.2 Å². The van der Waals surface area contributed by atoms with E-state index in [1.54, 1.807) is 4.90 Å². The Labute approximate surface area is 126 Å². The number of rotatable bonds is 6. The Balaban J connectivity index is 1.74. The van der Waals surface area contributed by atoms with Crippen LogP contribution >= 0.6 is 0 Å². The lowest BCUT2D eigenvalue weighted by molar-refractivity contribution is 0.0682. The van der Waals surface area contributed by atoms with Crippen molar-refractivity contribution in [3.05, 3.63) is 35.9 Å². The highest BCUT2D eigenvalue weighted by molar-refractivity contribution is 5.65. The molecule has 4 heteroatoms. The van der Waals surface area contributed by atoms with E-state index in [0.717, 1.165) is 44.9 Å². The summed E-state index contributed by atoms with van der Waals surface area (Å²) in [4.78, 5) is 13.0. The third-order valence-corrected chi connectivity index (χ3v) is 4.31. The second-order valence-corrected chi connectivity index (χ2v) is 5.88. The van der Waals surface area contributed by atoms with Gasteiger partial charge in [0.25, 0.3) is 0 Å². The third kappa shape index (κ3) is 5.05. The van der Waals surface area contributed by atoms with Gasteiger partial charge in [0, 0.05) is 12.6 Å². The molecular formula is C17H25NO3. The molecule has 0 aliphatic heterocycles.